The molecule has 1 saturated carbocycles. The maximum absolute atomic E-state index is 11.3. The molecule has 0 aromatic heterocycles. The molecular weight excluding hydrogens is 282 g/mol. The highest BCUT2D eigenvalue weighted by Gasteiger charge is 2.29. The number of morpholine rings is 1. The van der Waals surface area contributed by atoms with Gasteiger partial charge < -0.3 is 14.6 Å². The summed E-state index contributed by atoms with van der Waals surface area (Å²) in [5, 5.41) is 9.28. The first kappa shape index (κ1) is 15.3. The lowest BCUT2D eigenvalue weighted by Crippen LogP contribution is -2.49. The van der Waals surface area contributed by atoms with Gasteiger partial charge in [0.2, 0.25) is 0 Å². The molecule has 0 unspecified atom stereocenters. The van der Waals surface area contributed by atoms with Crippen LogP contribution in [-0.4, -0.2) is 47.9 Å². The van der Waals surface area contributed by atoms with E-state index in [4.69, 9.17) is 9.47 Å². The lowest BCUT2D eigenvalue weighted by molar-refractivity contribution is -0.150. The summed E-state index contributed by atoms with van der Waals surface area (Å²) < 4.78 is 11.3. The lowest BCUT2D eigenvalue weighted by atomic mass is 10.1. The molecule has 120 valence electrons. The second-order valence-corrected chi connectivity index (χ2v) is 6.07. The van der Waals surface area contributed by atoms with E-state index in [9.17, 15) is 9.90 Å². The van der Waals surface area contributed by atoms with E-state index < -0.39 is 12.0 Å². The summed E-state index contributed by atoms with van der Waals surface area (Å²) >= 11 is 0. The highest BCUT2D eigenvalue weighted by atomic mass is 16.5. The summed E-state index contributed by atoms with van der Waals surface area (Å²) in [6.07, 6.45) is 5.10. The van der Waals surface area contributed by atoms with Crippen LogP contribution in [0.1, 0.15) is 31.2 Å². The molecule has 2 aliphatic rings. The predicted molar refractivity (Wildman–Crippen MR) is 82.0 cm³/mol. The van der Waals surface area contributed by atoms with Crippen LogP contribution in [0.25, 0.3) is 0 Å². The molecule has 0 amide bonds. The summed E-state index contributed by atoms with van der Waals surface area (Å²) in [7, 11) is 0. The average Bonchev–Trinajstić information content (AvgIpc) is 3.01. The molecule has 22 heavy (non-hydrogen) atoms. The Labute approximate surface area is 130 Å². The average molecular weight is 305 g/mol. The maximum Gasteiger partial charge on any atom is 0.323 e. The van der Waals surface area contributed by atoms with Gasteiger partial charge in [0.1, 0.15) is 11.8 Å². The molecule has 1 aliphatic heterocycles. The molecule has 1 aromatic carbocycles. The Balaban J connectivity index is 1.64. The van der Waals surface area contributed by atoms with Crippen molar-refractivity contribution in [3.05, 3.63) is 29.8 Å². The van der Waals surface area contributed by atoms with Gasteiger partial charge in [0, 0.05) is 13.1 Å². The van der Waals surface area contributed by atoms with Gasteiger partial charge in [-0.05, 0) is 43.4 Å². The zero-order valence-corrected chi connectivity index (χ0v) is 12.7. The number of hydrogen-bond acceptors (Lipinski definition) is 4. The van der Waals surface area contributed by atoms with Gasteiger partial charge in [0.25, 0.3) is 0 Å². The lowest BCUT2D eigenvalue weighted by Gasteiger charge is -2.32. The molecule has 1 aliphatic carbocycles. The van der Waals surface area contributed by atoms with Crippen LogP contribution in [0, 0.1) is 0 Å². The molecule has 1 N–H and O–H groups in total. The Morgan fingerprint density at radius 2 is 2.18 bits per heavy atom. The largest absolute Gasteiger partial charge is 0.490 e. The predicted octanol–water partition coefficient (Wildman–Crippen LogP) is 2.29. The van der Waals surface area contributed by atoms with Crippen LogP contribution >= 0.6 is 0 Å². The molecule has 5 heteroatoms. The quantitative estimate of drug-likeness (QED) is 0.904. The van der Waals surface area contributed by atoms with E-state index >= 15 is 0 Å². The van der Waals surface area contributed by atoms with E-state index in [1.807, 2.05) is 29.2 Å². The molecule has 0 bridgehead atoms. The minimum absolute atomic E-state index is 0.258. The smallest absolute Gasteiger partial charge is 0.323 e. The van der Waals surface area contributed by atoms with Crippen molar-refractivity contribution in [2.45, 2.75) is 44.4 Å². The maximum atomic E-state index is 11.3. The molecule has 1 heterocycles. The van der Waals surface area contributed by atoms with Crippen LogP contribution in [0.2, 0.25) is 0 Å². The van der Waals surface area contributed by atoms with E-state index in [1.165, 1.54) is 12.8 Å². The summed E-state index contributed by atoms with van der Waals surface area (Å²) in [5.41, 5.74) is 1.09. The Kier molecular flexibility index (Phi) is 4.95. The van der Waals surface area contributed by atoms with Crippen molar-refractivity contribution in [2.24, 2.45) is 0 Å². The minimum atomic E-state index is -0.821. The third kappa shape index (κ3) is 3.78. The monoisotopic (exact) mass is 305 g/mol. The number of nitrogens with zero attached hydrogens (tertiary/aromatic N) is 1. The third-order valence-corrected chi connectivity index (χ3v) is 4.41. The van der Waals surface area contributed by atoms with Gasteiger partial charge >= 0.3 is 5.97 Å². The van der Waals surface area contributed by atoms with Crippen molar-refractivity contribution in [2.75, 3.05) is 19.8 Å². The van der Waals surface area contributed by atoms with Gasteiger partial charge in [-0.15, -0.1) is 0 Å². The second-order valence-electron chi connectivity index (χ2n) is 6.07. The molecule has 0 spiro atoms. The van der Waals surface area contributed by atoms with E-state index in [2.05, 4.69) is 0 Å². The van der Waals surface area contributed by atoms with E-state index in [0.717, 1.165) is 24.2 Å². The van der Waals surface area contributed by atoms with Crippen LogP contribution < -0.4 is 4.74 Å². The zero-order valence-electron chi connectivity index (χ0n) is 12.7. The van der Waals surface area contributed by atoms with Gasteiger partial charge in [-0.25, -0.2) is 0 Å². The number of rotatable bonds is 5. The molecule has 0 radical (unpaired) electrons. The zero-order chi connectivity index (χ0) is 15.4. The fourth-order valence-corrected chi connectivity index (χ4v) is 3.21. The molecular formula is C17H23NO4. The number of aliphatic carboxylic acids is 1. The van der Waals surface area contributed by atoms with Crippen LogP contribution in [0.4, 0.5) is 0 Å². The molecule has 2 fully saturated rings. The Bertz CT molecular complexity index is 513. The summed E-state index contributed by atoms with van der Waals surface area (Å²) in [6, 6.07) is 7.46. The van der Waals surface area contributed by atoms with Gasteiger partial charge in [-0.2, -0.15) is 0 Å². The van der Waals surface area contributed by atoms with Crippen molar-refractivity contribution in [1.82, 2.24) is 4.90 Å². The summed E-state index contributed by atoms with van der Waals surface area (Å²) in [6.45, 7) is 2.10. The van der Waals surface area contributed by atoms with Crippen molar-refractivity contribution >= 4 is 5.97 Å². The normalized spacial score (nSPS) is 23.5. The van der Waals surface area contributed by atoms with Crippen molar-refractivity contribution in [3.63, 3.8) is 0 Å². The number of ether oxygens (including phenoxy) is 2. The highest BCUT2D eigenvalue weighted by Crippen LogP contribution is 2.25. The topological polar surface area (TPSA) is 59.0 Å². The third-order valence-electron chi connectivity index (χ3n) is 4.41. The van der Waals surface area contributed by atoms with E-state index in [1.54, 1.807) is 0 Å². The SMILES string of the molecule is O=C(O)[C@H]1COCCN1Cc1cccc(OC2CCCC2)c1. The summed E-state index contributed by atoms with van der Waals surface area (Å²) in [4.78, 5) is 13.3. The molecule has 3 rings (SSSR count). The van der Waals surface area contributed by atoms with Crippen LogP contribution in [0.5, 0.6) is 5.75 Å². The van der Waals surface area contributed by atoms with Crippen LogP contribution in [0.15, 0.2) is 24.3 Å². The minimum Gasteiger partial charge on any atom is -0.490 e. The van der Waals surface area contributed by atoms with E-state index in [-0.39, 0.29) is 6.61 Å². The van der Waals surface area contributed by atoms with Gasteiger partial charge in [0.05, 0.1) is 19.3 Å². The molecule has 1 saturated heterocycles. The number of hydrogen-bond donors (Lipinski definition) is 1. The first-order chi connectivity index (χ1) is 10.7. The number of carboxylic acids is 1. The number of benzene rings is 1. The second kappa shape index (κ2) is 7.11. The summed E-state index contributed by atoms with van der Waals surface area (Å²) in [5.74, 6) is 0.0718. The van der Waals surface area contributed by atoms with Gasteiger partial charge in [0.15, 0.2) is 0 Å². The Hall–Kier alpha value is -1.59. The molecule has 1 aromatic rings. The van der Waals surface area contributed by atoms with E-state index in [0.29, 0.717) is 25.8 Å². The number of carbonyl (C=O) groups is 1. The Morgan fingerprint density at radius 3 is 2.95 bits per heavy atom. The molecule has 1 atom stereocenters. The number of carboxylic acid groups (broad SMARTS) is 1. The van der Waals surface area contributed by atoms with Crippen LogP contribution in [0.3, 0.4) is 0 Å². The first-order valence-electron chi connectivity index (χ1n) is 8.02. The fourth-order valence-electron chi connectivity index (χ4n) is 3.21. The highest BCUT2D eigenvalue weighted by molar-refractivity contribution is 5.73. The van der Waals surface area contributed by atoms with Crippen molar-refractivity contribution in [3.8, 4) is 5.75 Å². The van der Waals surface area contributed by atoms with Gasteiger partial charge in [-0.1, -0.05) is 12.1 Å². The van der Waals surface area contributed by atoms with Crippen molar-refractivity contribution in [1.29, 1.82) is 0 Å². The van der Waals surface area contributed by atoms with Gasteiger partial charge in [-0.3, -0.25) is 9.69 Å². The molecule has 5 nitrogen and oxygen atoms in total. The van der Waals surface area contributed by atoms with Crippen LogP contribution in [-0.2, 0) is 16.1 Å². The standard InChI is InChI=1S/C17H23NO4/c19-17(20)16-12-21-9-8-18(16)11-13-4-3-7-15(10-13)22-14-5-1-2-6-14/h3-4,7,10,14,16H,1-2,5-6,8-9,11-12H2,(H,19,20)/t16-/m1/s1. The first-order valence-corrected chi connectivity index (χ1v) is 8.02. The fraction of sp³-hybridized carbons (Fsp3) is 0.588. The van der Waals surface area contributed by atoms with Crippen molar-refractivity contribution < 1.29 is 19.4 Å². The Morgan fingerprint density at radius 1 is 1.36 bits per heavy atom.